The molecule has 3 rings (SSSR count). The zero-order valence-corrected chi connectivity index (χ0v) is 20.1. The van der Waals surface area contributed by atoms with Gasteiger partial charge in [0.2, 0.25) is 5.91 Å². The Bertz CT molecular complexity index is 1100. The molecule has 32 heavy (non-hydrogen) atoms. The van der Waals surface area contributed by atoms with Crippen molar-refractivity contribution in [1.29, 1.82) is 0 Å². The predicted molar refractivity (Wildman–Crippen MR) is 123 cm³/mol. The molecule has 0 spiro atoms. The van der Waals surface area contributed by atoms with Gasteiger partial charge >= 0.3 is 5.97 Å². The van der Waals surface area contributed by atoms with E-state index >= 15 is 0 Å². The number of thioether (sulfide) groups is 1. The van der Waals surface area contributed by atoms with Crippen LogP contribution in [0.25, 0.3) is 0 Å². The second-order valence-electron chi connectivity index (χ2n) is 6.62. The molecule has 0 fully saturated rings. The number of amides is 1. The average molecular weight is 496 g/mol. The van der Waals surface area contributed by atoms with E-state index in [-0.39, 0.29) is 30.7 Å². The maximum atomic E-state index is 12.3. The number of carbonyl (C=O) groups excluding carboxylic acids is 2. The molecular formula is C20H22ClN5O4S2. The van der Waals surface area contributed by atoms with Crippen molar-refractivity contribution < 1.29 is 19.1 Å². The summed E-state index contributed by atoms with van der Waals surface area (Å²) in [6.07, 6.45) is 0.0777. The molecule has 1 amide bonds. The molecule has 0 radical (unpaired) electrons. The van der Waals surface area contributed by atoms with E-state index in [1.807, 2.05) is 20.0 Å². The summed E-state index contributed by atoms with van der Waals surface area (Å²) in [6, 6.07) is 5.43. The molecule has 0 bridgehead atoms. The van der Waals surface area contributed by atoms with Gasteiger partial charge in [-0.1, -0.05) is 23.4 Å². The van der Waals surface area contributed by atoms with Crippen molar-refractivity contribution >= 4 is 51.7 Å². The number of hydrogen-bond acceptors (Lipinski definition) is 9. The molecule has 0 atom stereocenters. The van der Waals surface area contributed by atoms with E-state index in [4.69, 9.17) is 21.1 Å². The van der Waals surface area contributed by atoms with Crippen LogP contribution in [0.5, 0.6) is 5.75 Å². The minimum atomic E-state index is -0.348. The number of thiazole rings is 1. The van der Waals surface area contributed by atoms with Gasteiger partial charge in [0, 0.05) is 17.5 Å². The number of aromatic nitrogens is 4. The van der Waals surface area contributed by atoms with Crippen molar-refractivity contribution in [3.63, 3.8) is 0 Å². The van der Waals surface area contributed by atoms with Crippen LogP contribution in [0.3, 0.4) is 0 Å². The Morgan fingerprint density at radius 3 is 2.88 bits per heavy atom. The Labute approximate surface area is 198 Å². The highest BCUT2D eigenvalue weighted by molar-refractivity contribution is 7.99. The van der Waals surface area contributed by atoms with Crippen LogP contribution in [-0.2, 0) is 34.4 Å². The molecule has 170 valence electrons. The van der Waals surface area contributed by atoms with Gasteiger partial charge in [0.25, 0.3) is 0 Å². The molecular weight excluding hydrogens is 474 g/mol. The molecule has 2 heterocycles. The van der Waals surface area contributed by atoms with Crippen LogP contribution in [0.4, 0.5) is 5.13 Å². The van der Waals surface area contributed by atoms with Crippen LogP contribution in [0.2, 0.25) is 5.02 Å². The minimum Gasteiger partial charge on any atom is -0.486 e. The highest BCUT2D eigenvalue weighted by Crippen LogP contribution is 2.23. The average Bonchev–Trinajstić information content (AvgIpc) is 3.33. The summed E-state index contributed by atoms with van der Waals surface area (Å²) >= 11 is 8.54. The van der Waals surface area contributed by atoms with Crippen LogP contribution in [0.1, 0.15) is 24.0 Å². The first-order chi connectivity index (χ1) is 15.4. The molecule has 0 aliphatic heterocycles. The summed E-state index contributed by atoms with van der Waals surface area (Å²) in [5.41, 5.74) is 1.49. The van der Waals surface area contributed by atoms with E-state index in [0.717, 1.165) is 5.56 Å². The lowest BCUT2D eigenvalue weighted by Gasteiger charge is -2.08. The first kappa shape index (κ1) is 24.0. The Hall–Kier alpha value is -2.63. The SMILES string of the molecule is CCOC(=O)Cc1csc(NC(=O)CSc2nnc(COc3ccc(Cl)c(C)c3)n2C)n1. The van der Waals surface area contributed by atoms with Crippen molar-refractivity contribution in [2.75, 3.05) is 17.7 Å². The standard InChI is InChI=1S/C20H22ClN5O4S2/c1-4-29-18(28)8-13-10-31-19(22-13)23-17(27)11-32-20-25-24-16(26(20)3)9-30-14-5-6-15(21)12(2)7-14/h5-7,10H,4,8-9,11H2,1-3H3,(H,22,23,27). The smallest absolute Gasteiger partial charge is 0.311 e. The van der Waals surface area contributed by atoms with Crippen LogP contribution in [-0.4, -0.2) is 44.0 Å². The molecule has 0 saturated heterocycles. The Morgan fingerprint density at radius 1 is 1.31 bits per heavy atom. The predicted octanol–water partition coefficient (Wildman–Crippen LogP) is 3.65. The summed E-state index contributed by atoms with van der Waals surface area (Å²) < 4.78 is 12.4. The number of carbonyl (C=O) groups is 2. The second-order valence-corrected chi connectivity index (χ2v) is 8.83. The third-order valence-electron chi connectivity index (χ3n) is 4.18. The fourth-order valence-electron chi connectivity index (χ4n) is 2.54. The van der Waals surface area contributed by atoms with E-state index in [0.29, 0.717) is 39.2 Å². The third kappa shape index (κ3) is 6.68. The molecule has 0 aliphatic carbocycles. The summed E-state index contributed by atoms with van der Waals surface area (Å²) in [7, 11) is 1.81. The van der Waals surface area contributed by atoms with Crippen LogP contribution < -0.4 is 10.1 Å². The molecule has 12 heteroatoms. The van der Waals surface area contributed by atoms with E-state index in [2.05, 4.69) is 20.5 Å². The lowest BCUT2D eigenvalue weighted by atomic mass is 10.2. The summed E-state index contributed by atoms with van der Waals surface area (Å²) in [5.74, 6) is 0.873. The van der Waals surface area contributed by atoms with Crippen molar-refractivity contribution in [2.45, 2.75) is 32.0 Å². The lowest BCUT2D eigenvalue weighted by molar-refractivity contribution is -0.142. The van der Waals surface area contributed by atoms with Crippen LogP contribution in [0, 0.1) is 6.92 Å². The first-order valence-corrected chi connectivity index (χ1v) is 11.9. The molecule has 2 aromatic heterocycles. The minimum absolute atomic E-state index is 0.0777. The maximum Gasteiger partial charge on any atom is 0.311 e. The Kier molecular flexibility index (Phi) is 8.48. The number of anilines is 1. The molecule has 0 aliphatic rings. The fraction of sp³-hybridized carbons (Fsp3) is 0.350. The Balaban J connectivity index is 1.48. The second kappa shape index (κ2) is 11.3. The molecule has 3 aromatic rings. The van der Waals surface area contributed by atoms with Crippen molar-refractivity contribution in [3.05, 3.63) is 45.7 Å². The van der Waals surface area contributed by atoms with Crippen molar-refractivity contribution in [2.24, 2.45) is 7.05 Å². The van der Waals surface area contributed by atoms with Gasteiger partial charge in [-0.25, -0.2) is 4.98 Å². The van der Waals surface area contributed by atoms with Gasteiger partial charge in [0.05, 0.1) is 24.5 Å². The van der Waals surface area contributed by atoms with E-state index in [1.165, 1.54) is 23.1 Å². The number of ether oxygens (including phenoxy) is 2. The van der Waals surface area contributed by atoms with Crippen molar-refractivity contribution in [1.82, 2.24) is 19.7 Å². The van der Waals surface area contributed by atoms with Crippen LogP contribution >= 0.6 is 34.7 Å². The number of hydrogen-bond donors (Lipinski definition) is 1. The van der Waals surface area contributed by atoms with Gasteiger partial charge in [-0.15, -0.1) is 21.5 Å². The Morgan fingerprint density at radius 2 is 2.12 bits per heavy atom. The number of esters is 1. The number of nitrogens with one attached hydrogen (secondary N) is 1. The number of aryl methyl sites for hydroxylation is 1. The monoisotopic (exact) mass is 495 g/mol. The zero-order chi connectivity index (χ0) is 23.1. The third-order valence-corrected chi connectivity index (χ3v) is 6.43. The quantitative estimate of drug-likeness (QED) is 0.335. The van der Waals surface area contributed by atoms with Gasteiger partial charge in [0.1, 0.15) is 12.4 Å². The highest BCUT2D eigenvalue weighted by atomic mass is 35.5. The van der Waals surface area contributed by atoms with Gasteiger partial charge in [0.15, 0.2) is 16.1 Å². The number of benzene rings is 1. The maximum absolute atomic E-state index is 12.3. The highest BCUT2D eigenvalue weighted by Gasteiger charge is 2.14. The molecule has 0 saturated carbocycles. The van der Waals surface area contributed by atoms with E-state index < -0.39 is 0 Å². The number of nitrogens with zero attached hydrogens (tertiary/aromatic N) is 4. The topological polar surface area (TPSA) is 108 Å². The first-order valence-electron chi connectivity index (χ1n) is 9.65. The summed E-state index contributed by atoms with van der Waals surface area (Å²) in [4.78, 5) is 28.0. The largest absolute Gasteiger partial charge is 0.486 e. The summed E-state index contributed by atoms with van der Waals surface area (Å²) in [6.45, 7) is 4.21. The van der Waals surface area contributed by atoms with E-state index in [1.54, 1.807) is 29.0 Å². The lowest BCUT2D eigenvalue weighted by Crippen LogP contribution is -2.15. The summed E-state index contributed by atoms with van der Waals surface area (Å²) in [5, 5.41) is 14.4. The molecule has 0 unspecified atom stereocenters. The van der Waals surface area contributed by atoms with Gasteiger partial charge in [-0.3, -0.25) is 9.59 Å². The molecule has 1 aromatic carbocycles. The number of rotatable bonds is 10. The van der Waals surface area contributed by atoms with Crippen molar-refractivity contribution in [3.8, 4) is 5.75 Å². The molecule has 1 N–H and O–H groups in total. The van der Waals surface area contributed by atoms with E-state index in [9.17, 15) is 9.59 Å². The zero-order valence-electron chi connectivity index (χ0n) is 17.8. The van der Waals surface area contributed by atoms with Gasteiger partial charge < -0.3 is 19.4 Å². The number of halogens is 1. The normalized spacial score (nSPS) is 10.8. The fourth-order valence-corrected chi connectivity index (χ4v) is 4.12. The van der Waals surface area contributed by atoms with Gasteiger partial charge in [-0.05, 0) is 37.6 Å². The van der Waals surface area contributed by atoms with Gasteiger partial charge in [-0.2, -0.15) is 0 Å². The molecule has 9 nitrogen and oxygen atoms in total. The van der Waals surface area contributed by atoms with Crippen LogP contribution in [0.15, 0.2) is 28.7 Å².